The number of carbonyl (C=O) groups is 3. The molecule has 3 heterocycles. The predicted octanol–water partition coefficient (Wildman–Crippen LogP) is 3.13. The van der Waals surface area contributed by atoms with Crippen molar-refractivity contribution in [3.8, 4) is 5.75 Å². The summed E-state index contributed by atoms with van der Waals surface area (Å²) in [5, 5.41) is 0. The largest absolute Gasteiger partial charge is 0.491 e. The fourth-order valence-electron chi connectivity index (χ4n) is 6.17. The number of methoxy groups -OCH3 is 1. The number of amides is 2. The molecule has 3 aliphatic heterocycles. The molecule has 37 heavy (non-hydrogen) atoms. The number of likely N-dealkylation sites (tertiary alicyclic amines) is 2. The van der Waals surface area contributed by atoms with Crippen molar-refractivity contribution in [1.82, 2.24) is 14.7 Å². The summed E-state index contributed by atoms with van der Waals surface area (Å²) in [6, 6.07) is 8.24. The van der Waals surface area contributed by atoms with Gasteiger partial charge in [0.05, 0.1) is 31.5 Å². The van der Waals surface area contributed by atoms with Crippen molar-refractivity contribution in [1.29, 1.82) is 0 Å². The van der Waals surface area contributed by atoms with Crippen molar-refractivity contribution < 1.29 is 23.9 Å². The molecule has 0 unspecified atom stereocenters. The summed E-state index contributed by atoms with van der Waals surface area (Å²) >= 11 is 0. The molecule has 0 bridgehead atoms. The zero-order valence-corrected chi connectivity index (χ0v) is 22.6. The van der Waals surface area contributed by atoms with Crippen molar-refractivity contribution in [2.75, 3.05) is 59.5 Å². The molecular weight excluding hydrogens is 470 g/mol. The van der Waals surface area contributed by atoms with Crippen molar-refractivity contribution in [2.45, 2.75) is 58.3 Å². The van der Waals surface area contributed by atoms with Gasteiger partial charge in [-0.05, 0) is 76.6 Å². The molecule has 8 heteroatoms. The van der Waals surface area contributed by atoms with Gasteiger partial charge in [-0.25, -0.2) is 0 Å². The average molecular weight is 514 g/mol. The first-order valence-corrected chi connectivity index (χ1v) is 14.0. The Labute approximate surface area is 221 Å². The van der Waals surface area contributed by atoms with Crippen LogP contribution in [0, 0.1) is 11.3 Å². The second kappa shape index (κ2) is 12.8. The number of carbonyl (C=O) groups excluding carboxylic acids is 3. The van der Waals surface area contributed by atoms with Crippen LogP contribution in [-0.2, 0) is 25.5 Å². The number of para-hydroxylation sites is 1. The van der Waals surface area contributed by atoms with E-state index >= 15 is 0 Å². The van der Waals surface area contributed by atoms with Gasteiger partial charge in [0.25, 0.3) is 0 Å². The molecule has 8 nitrogen and oxygen atoms in total. The number of fused-ring (bicyclic) bond motifs is 1. The number of hydrogen-bond donors (Lipinski definition) is 0. The lowest BCUT2D eigenvalue weighted by Gasteiger charge is -2.43. The van der Waals surface area contributed by atoms with Gasteiger partial charge in [0.1, 0.15) is 12.4 Å². The van der Waals surface area contributed by atoms with Crippen LogP contribution < -0.4 is 4.74 Å². The van der Waals surface area contributed by atoms with Crippen molar-refractivity contribution in [2.24, 2.45) is 11.3 Å². The molecule has 0 aromatic heterocycles. The molecule has 1 aromatic rings. The molecule has 0 N–H and O–H groups in total. The van der Waals surface area contributed by atoms with E-state index in [0.29, 0.717) is 52.2 Å². The third-order valence-electron chi connectivity index (χ3n) is 8.62. The highest BCUT2D eigenvalue weighted by Gasteiger charge is 2.43. The third kappa shape index (κ3) is 6.64. The molecule has 0 radical (unpaired) electrons. The summed E-state index contributed by atoms with van der Waals surface area (Å²) in [5.74, 6) is 1.04. The topological polar surface area (TPSA) is 79.4 Å². The van der Waals surface area contributed by atoms with Gasteiger partial charge in [-0.3, -0.25) is 19.3 Å². The minimum absolute atomic E-state index is 0.101. The molecule has 204 valence electrons. The van der Waals surface area contributed by atoms with E-state index in [0.717, 1.165) is 57.4 Å². The summed E-state index contributed by atoms with van der Waals surface area (Å²) in [5.41, 5.74) is 0.892. The molecule has 4 rings (SSSR count). The standard InChI is InChI=1S/C29H43N3O5/c1-3-31-20-21-37-25-10-5-4-8-23(25)9-6-7-13-29(28(31)35)14-18-30(19-15-29)22-26(33)32-16-11-24(12-17-32)27(34)36-2/h4-5,8,10,24H,3,6-7,9,11-22H2,1-2H3. The van der Waals surface area contributed by atoms with Crippen LogP contribution in [0.15, 0.2) is 24.3 Å². The highest BCUT2D eigenvalue weighted by atomic mass is 16.5. The molecule has 2 saturated heterocycles. The van der Waals surface area contributed by atoms with E-state index in [2.05, 4.69) is 17.0 Å². The molecule has 1 aromatic carbocycles. The number of rotatable bonds is 4. The fourth-order valence-corrected chi connectivity index (χ4v) is 6.17. The van der Waals surface area contributed by atoms with Gasteiger partial charge in [-0.1, -0.05) is 24.6 Å². The fraction of sp³-hybridized carbons (Fsp3) is 0.690. The molecule has 2 fully saturated rings. The molecular formula is C29H43N3O5. The number of esters is 1. The van der Waals surface area contributed by atoms with E-state index in [1.54, 1.807) is 0 Å². The molecule has 2 amide bonds. The van der Waals surface area contributed by atoms with Gasteiger partial charge in [0, 0.05) is 19.6 Å². The zero-order chi connectivity index (χ0) is 26.3. The minimum atomic E-state index is -0.354. The van der Waals surface area contributed by atoms with Gasteiger partial charge >= 0.3 is 5.97 Å². The Morgan fingerprint density at radius 3 is 2.46 bits per heavy atom. The number of ether oxygens (including phenoxy) is 2. The van der Waals surface area contributed by atoms with Crippen molar-refractivity contribution in [3.05, 3.63) is 29.8 Å². The van der Waals surface area contributed by atoms with E-state index in [9.17, 15) is 14.4 Å². The van der Waals surface area contributed by atoms with Crippen LogP contribution in [0.3, 0.4) is 0 Å². The Balaban J connectivity index is 1.34. The Hall–Kier alpha value is -2.61. The van der Waals surface area contributed by atoms with E-state index < -0.39 is 0 Å². The van der Waals surface area contributed by atoms with Crippen molar-refractivity contribution in [3.63, 3.8) is 0 Å². The number of hydrogen-bond acceptors (Lipinski definition) is 6. The molecule has 3 aliphatic rings. The monoisotopic (exact) mass is 513 g/mol. The van der Waals surface area contributed by atoms with Crippen LogP contribution in [0.2, 0.25) is 0 Å². The molecule has 0 aliphatic carbocycles. The molecule has 0 atom stereocenters. The maximum atomic E-state index is 13.8. The SMILES string of the molecule is CCN1CCOc2ccccc2CCCCC2(CCN(CC(=O)N3CCC(C(=O)OC)CC3)CC2)C1=O. The summed E-state index contributed by atoms with van der Waals surface area (Å²) in [7, 11) is 1.42. The first-order chi connectivity index (χ1) is 18.0. The Morgan fingerprint density at radius 2 is 1.76 bits per heavy atom. The molecule has 1 spiro atoms. The van der Waals surface area contributed by atoms with E-state index in [1.165, 1.54) is 12.7 Å². The Morgan fingerprint density at radius 1 is 1.03 bits per heavy atom. The van der Waals surface area contributed by atoms with Crippen LogP contribution in [0.25, 0.3) is 0 Å². The Kier molecular flexibility index (Phi) is 9.46. The van der Waals surface area contributed by atoms with E-state index in [4.69, 9.17) is 9.47 Å². The number of piperidine rings is 2. The first-order valence-electron chi connectivity index (χ1n) is 14.0. The number of aryl methyl sites for hydroxylation is 1. The lowest BCUT2D eigenvalue weighted by molar-refractivity contribution is -0.150. The van der Waals surface area contributed by atoms with Crippen LogP contribution in [0.4, 0.5) is 0 Å². The summed E-state index contributed by atoms with van der Waals surface area (Å²) in [4.78, 5) is 44.7. The van der Waals surface area contributed by atoms with Gasteiger partial charge in [-0.2, -0.15) is 0 Å². The smallest absolute Gasteiger partial charge is 0.308 e. The van der Waals surface area contributed by atoms with Crippen LogP contribution in [-0.4, -0.2) is 92.0 Å². The highest BCUT2D eigenvalue weighted by Crippen LogP contribution is 2.39. The maximum absolute atomic E-state index is 13.8. The quantitative estimate of drug-likeness (QED) is 0.576. The van der Waals surface area contributed by atoms with Crippen molar-refractivity contribution >= 4 is 17.8 Å². The summed E-state index contributed by atoms with van der Waals surface area (Å²) in [6.45, 7) is 6.92. The van der Waals surface area contributed by atoms with Gasteiger partial charge in [0.2, 0.25) is 11.8 Å². The number of benzene rings is 1. The third-order valence-corrected chi connectivity index (χ3v) is 8.62. The van der Waals surface area contributed by atoms with Gasteiger partial charge in [0.15, 0.2) is 0 Å². The van der Waals surface area contributed by atoms with Gasteiger partial charge < -0.3 is 19.3 Å². The molecule has 0 saturated carbocycles. The lowest BCUT2D eigenvalue weighted by Crippen LogP contribution is -2.53. The average Bonchev–Trinajstić information content (AvgIpc) is 2.93. The van der Waals surface area contributed by atoms with Crippen LogP contribution in [0.1, 0.15) is 57.4 Å². The van der Waals surface area contributed by atoms with Crippen LogP contribution >= 0.6 is 0 Å². The highest BCUT2D eigenvalue weighted by molar-refractivity contribution is 5.83. The number of nitrogens with zero attached hydrogens (tertiary/aromatic N) is 3. The second-order valence-electron chi connectivity index (χ2n) is 10.8. The Bertz CT molecular complexity index is 935. The summed E-state index contributed by atoms with van der Waals surface area (Å²) < 4.78 is 10.9. The predicted molar refractivity (Wildman–Crippen MR) is 141 cm³/mol. The van der Waals surface area contributed by atoms with Crippen LogP contribution in [0.5, 0.6) is 5.75 Å². The normalized spacial score (nSPS) is 21.9. The maximum Gasteiger partial charge on any atom is 0.308 e. The van der Waals surface area contributed by atoms with E-state index in [-0.39, 0.29) is 29.1 Å². The minimum Gasteiger partial charge on any atom is -0.491 e. The lowest BCUT2D eigenvalue weighted by atomic mass is 9.73. The van der Waals surface area contributed by atoms with Gasteiger partial charge in [-0.15, -0.1) is 0 Å². The first kappa shape index (κ1) is 27.4. The van der Waals surface area contributed by atoms with E-state index in [1.807, 2.05) is 28.9 Å². The summed E-state index contributed by atoms with van der Waals surface area (Å²) in [6.07, 6.45) is 6.81. The number of likely N-dealkylation sites (N-methyl/N-ethyl adjacent to an activating group) is 1. The second-order valence-corrected chi connectivity index (χ2v) is 10.8. The zero-order valence-electron chi connectivity index (χ0n) is 22.6.